The molecule has 0 spiro atoms. The first-order valence-electron chi connectivity index (χ1n) is 11.5. The van der Waals surface area contributed by atoms with Crippen LogP contribution in [0.1, 0.15) is 136 Å². The standard InChI is InChI=1S/C23H46O2.2H3N/c1-3-5-7-9-11-13-14-15-17-19-21-23(24)25-22-20-18-16-12-10-8-6-4-2;;/h3-22H2,1-2H3;2*1H3. The number of carbonyl (C=O) groups is 1. The fraction of sp³-hybridized carbons (Fsp3) is 0.957. The lowest BCUT2D eigenvalue weighted by atomic mass is 10.1. The summed E-state index contributed by atoms with van der Waals surface area (Å²) in [5.74, 6) is 0.0162. The van der Waals surface area contributed by atoms with E-state index in [1.165, 1.54) is 103 Å². The van der Waals surface area contributed by atoms with Crippen LogP contribution in [0.3, 0.4) is 0 Å². The van der Waals surface area contributed by atoms with Gasteiger partial charge in [0.2, 0.25) is 0 Å². The Morgan fingerprint density at radius 2 is 0.852 bits per heavy atom. The van der Waals surface area contributed by atoms with Crippen LogP contribution in [0.25, 0.3) is 0 Å². The summed E-state index contributed by atoms with van der Waals surface area (Å²) in [6, 6.07) is 0. The van der Waals surface area contributed by atoms with E-state index in [1.54, 1.807) is 0 Å². The minimum Gasteiger partial charge on any atom is -0.466 e. The zero-order valence-electron chi connectivity index (χ0n) is 18.9. The van der Waals surface area contributed by atoms with Crippen molar-refractivity contribution in [2.75, 3.05) is 6.61 Å². The zero-order valence-corrected chi connectivity index (χ0v) is 18.9. The normalized spacial score (nSPS) is 10.1. The lowest BCUT2D eigenvalue weighted by molar-refractivity contribution is -0.143. The molecule has 4 heteroatoms. The van der Waals surface area contributed by atoms with Crippen molar-refractivity contribution in [2.24, 2.45) is 0 Å². The Bertz CT molecular complexity index is 273. The van der Waals surface area contributed by atoms with Gasteiger partial charge in [-0.3, -0.25) is 4.79 Å². The summed E-state index contributed by atoms with van der Waals surface area (Å²) < 4.78 is 5.33. The second-order valence-electron chi connectivity index (χ2n) is 7.63. The summed E-state index contributed by atoms with van der Waals surface area (Å²) >= 11 is 0. The molecule has 0 rings (SSSR count). The fourth-order valence-electron chi connectivity index (χ4n) is 3.25. The molecule has 0 aliphatic rings. The van der Waals surface area contributed by atoms with E-state index in [1.807, 2.05) is 0 Å². The van der Waals surface area contributed by atoms with Gasteiger partial charge in [-0.1, -0.05) is 117 Å². The lowest BCUT2D eigenvalue weighted by Gasteiger charge is -2.05. The smallest absolute Gasteiger partial charge is 0.305 e. The molecule has 0 atom stereocenters. The van der Waals surface area contributed by atoms with Gasteiger partial charge in [-0.05, 0) is 12.8 Å². The topological polar surface area (TPSA) is 96.3 Å². The van der Waals surface area contributed by atoms with Gasteiger partial charge in [-0.2, -0.15) is 0 Å². The molecule has 0 amide bonds. The van der Waals surface area contributed by atoms with Crippen molar-refractivity contribution in [1.82, 2.24) is 12.3 Å². The number of hydrogen-bond donors (Lipinski definition) is 2. The van der Waals surface area contributed by atoms with Crippen LogP contribution in [0.2, 0.25) is 0 Å². The van der Waals surface area contributed by atoms with E-state index in [9.17, 15) is 4.79 Å². The molecule has 0 aliphatic carbocycles. The van der Waals surface area contributed by atoms with Gasteiger partial charge in [0.15, 0.2) is 0 Å². The van der Waals surface area contributed by atoms with Crippen molar-refractivity contribution in [2.45, 2.75) is 136 Å². The van der Waals surface area contributed by atoms with Gasteiger partial charge < -0.3 is 17.0 Å². The maximum absolute atomic E-state index is 11.7. The van der Waals surface area contributed by atoms with Crippen molar-refractivity contribution in [3.63, 3.8) is 0 Å². The second-order valence-corrected chi connectivity index (χ2v) is 7.63. The minimum atomic E-state index is 0. The average Bonchev–Trinajstić information content (AvgIpc) is 2.62. The van der Waals surface area contributed by atoms with E-state index in [-0.39, 0.29) is 18.3 Å². The Hall–Kier alpha value is -0.610. The molecule has 0 heterocycles. The fourth-order valence-corrected chi connectivity index (χ4v) is 3.25. The summed E-state index contributed by atoms with van der Waals surface area (Å²) in [7, 11) is 0. The van der Waals surface area contributed by atoms with Crippen LogP contribution in [-0.2, 0) is 9.53 Å². The summed E-state index contributed by atoms with van der Waals surface area (Å²) in [5.41, 5.74) is 0. The maximum atomic E-state index is 11.7. The van der Waals surface area contributed by atoms with Crippen LogP contribution >= 0.6 is 0 Å². The predicted octanol–water partition coefficient (Wildman–Crippen LogP) is 8.31. The largest absolute Gasteiger partial charge is 0.466 e. The van der Waals surface area contributed by atoms with Gasteiger partial charge >= 0.3 is 5.97 Å². The lowest BCUT2D eigenvalue weighted by Crippen LogP contribution is -2.05. The highest BCUT2D eigenvalue weighted by Crippen LogP contribution is 2.12. The highest BCUT2D eigenvalue weighted by molar-refractivity contribution is 5.69. The first-order valence-corrected chi connectivity index (χ1v) is 11.5. The molecule has 0 aromatic rings. The van der Waals surface area contributed by atoms with Crippen LogP contribution in [0.15, 0.2) is 0 Å². The van der Waals surface area contributed by atoms with Crippen molar-refractivity contribution >= 4 is 5.97 Å². The summed E-state index contributed by atoms with van der Waals surface area (Å²) in [4.78, 5) is 11.7. The van der Waals surface area contributed by atoms with Gasteiger partial charge in [0.25, 0.3) is 0 Å². The summed E-state index contributed by atoms with van der Waals surface area (Å²) in [6.07, 6.45) is 24.0. The van der Waals surface area contributed by atoms with Gasteiger partial charge in [-0.15, -0.1) is 0 Å². The Balaban J connectivity index is -0.00000288. The van der Waals surface area contributed by atoms with Crippen LogP contribution in [0.4, 0.5) is 0 Å². The van der Waals surface area contributed by atoms with Crippen molar-refractivity contribution in [3.05, 3.63) is 0 Å². The third-order valence-electron chi connectivity index (χ3n) is 5.00. The first kappa shape index (κ1) is 31.1. The van der Waals surface area contributed by atoms with E-state index >= 15 is 0 Å². The van der Waals surface area contributed by atoms with E-state index in [4.69, 9.17) is 4.74 Å². The van der Waals surface area contributed by atoms with E-state index < -0.39 is 0 Å². The summed E-state index contributed by atoms with van der Waals surface area (Å²) in [5, 5.41) is 0. The van der Waals surface area contributed by atoms with Crippen LogP contribution in [-0.4, -0.2) is 12.6 Å². The van der Waals surface area contributed by atoms with Gasteiger partial charge in [0.1, 0.15) is 0 Å². The molecule has 6 N–H and O–H groups in total. The molecule has 0 saturated carbocycles. The third kappa shape index (κ3) is 27.7. The third-order valence-corrected chi connectivity index (χ3v) is 5.00. The molecule has 0 fully saturated rings. The number of hydrogen-bond acceptors (Lipinski definition) is 4. The van der Waals surface area contributed by atoms with Crippen molar-refractivity contribution < 1.29 is 9.53 Å². The Kier molecular flexibility index (Phi) is 31.8. The van der Waals surface area contributed by atoms with Crippen LogP contribution in [0, 0.1) is 0 Å². The number of esters is 1. The molecule has 0 radical (unpaired) electrons. The Morgan fingerprint density at radius 1 is 0.519 bits per heavy atom. The maximum Gasteiger partial charge on any atom is 0.305 e. The molecule has 166 valence electrons. The molecule has 27 heavy (non-hydrogen) atoms. The van der Waals surface area contributed by atoms with E-state index in [0.717, 1.165) is 12.8 Å². The van der Waals surface area contributed by atoms with Crippen molar-refractivity contribution in [1.29, 1.82) is 0 Å². The van der Waals surface area contributed by atoms with Crippen LogP contribution in [0.5, 0.6) is 0 Å². The van der Waals surface area contributed by atoms with E-state index in [0.29, 0.717) is 13.0 Å². The molecule has 0 bridgehead atoms. The molecular formula is C23H52N2O2. The SMILES string of the molecule is CCCCCCCCCCCCC(=O)OCCCCCCCCCC.N.N. The Morgan fingerprint density at radius 3 is 1.26 bits per heavy atom. The summed E-state index contributed by atoms with van der Waals surface area (Å²) in [6.45, 7) is 5.15. The quantitative estimate of drug-likeness (QED) is 0.162. The van der Waals surface area contributed by atoms with E-state index in [2.05, 4.69) is 13.8 Å². The van der Waals surface area contributed by atoms with Gasteiger partial charge in [0, 0.05) is 6.42 Å². The monoisotopic (exact) mass is 388 g/mol. The van der Waals surface area contributed by atoms with Gasteiger partial charge in [-0.25, -0.2) is 0 Å². The highest BCUT2D eigenvalue weighted by atomic mass is 16.5. The predicted molar refractivity (Wildman–Crippen MR) is 120 cm³/mol. The molecule has 4 nitrogen and oxygen atoms in total. The molecule has 0 aliphatic heterocycles. The average molecular weight is 389 g/mol. The second kappa shape index (κ2) is 27.6. The number of unbranched alkanes of at least 4 members (excludes halogenated alkanes) is 16. The zero-order chi connectivity index (χ0) is 18.4. The first-order chi connectivity index (χ1) is 12.3. The number of rotatable bonds is 20. The molecule has 0 aromatic carbocycles. The van der Waals surface area contributed by atoms with Crippen LogP contribution < -0.4 is 12.3 Å². The number of carbonyl (C=O) groups excluding carboxylic acids is 1. The molecule has 0 saturated heterocycles. The van der Waals surface area contributed by atoms with Gasteiger partial charge in [0.05, 0.1) is 6.61 Å². The van der Waals surface area contributed by atoms with Crippen molar-refractivity contribution in [3.8, 4) is 0 Å². The highest BCUT2D eigenvalue weighted by Gasteiger charge is 2.02. The minimum absolute atomic E-state index is 0. The molecule has 0 aromatic heterocycles. The Labute approximate surface area is 170 Å². The molecular weight excluding hydrogens is 336 g/mol. The molecule has 0 unspecified atom stereocenters. The number of ether oxygens (including phenoxy) is 1.